The number of piperidine rings is 1. The van der Waals surface area contributed by atoms with Crippen LogP contribution in [0.5, 0.6) is 0 Å². The highest BCUT2D eigenvalue weighted by Gasteiger charge is 2.33. The average molecular weight is 250 g/mol. The fourth-order valence-corrected chi connectivity index (χ4v) is 2.72. The number of carbonyl (C=O) groups is 1. The number of likely N-dealkylation sites (tertiary alicyclic amines) is 1. The van der Waals surface area contributed by atoms with Crippen LogP contribution in [0.1, 0.15) is 56.0 Å². The lowest BCUT2D eigenvalue weighted by Gasteiger charge is -2.40. The first-order valence-electron chi connectivity index (χ1n) is 6.78. The normalized spacial score (nSPS) is 18.9. The summed E-state index contributed by atoms with van der Waals surface area (Å²) < 4.78 is 0. The van der Waals surface area contributed by atoms with Crippen molar-refractivity contribution in [2.45, 2.75) is 46.5 Å². The quantitative estimate of drug-likeness (QED) is 0.894. The molecule has 0 bridgehead atoms. The second-order valence-corrected chi connectivity index (χ2v) is 5.24. The van der Waals surface area contributed by atoms with Gasteiger partial charge in [-0.25, -0.2) is 4.98 Å². The van der Waals surface area contributed by atoms with Gasteiger partial charge in [-0.1, -0.05) is 26.7 Å². The number of carbonyl (C=O) groups excluding carboxylic acids is 1. The minimum atomic E-state index is -0.0415. The number of amides is 1. The molecule has 0 unspecified atom stereocenters. The van der Waals surface area contributed by atoms with Crippen molar-refractivity contribution < 1.29 is 4.79 Å². The first-order chi connectivity index (χ1) is 8.60. The second-order valence-electron chi connectivity index (χ2n) is 5.24. The smallest absolute Gasteiger partial charge is 0.293 e. The van der Waals surface area contributed by atoms with Crippen molar-refractivity contribution in [1.29, 1.82) is 0 Å². The summed E-state index contributed by atoms with van der Waals surface area (Å²) in [5, 5.41) is 6.66. The van der Waals surface area contributed by atoms with Gasteiger partial charge in [0.15, 0.2) is 0 Å². The van der Waals surface area contributed by atoms with Gasteiger partial charge in [0.1, 0.15) is 5.82 Å². The van der Waals surface area contributed by atoms with Gasteiger partial charge in [0.05, 0.1) is 0 Å². The summed E-state index contributed by atoms with van der Waals surface area (Å²) in [5.74, 6) is 0.944. The number of nitrogens with one attached hydrogen (secondary N) is 1. The maximum absolute atomic E-state index is 12.2. The number of nitrogens with zero attached hydrogens (tertiary/aromatic N) is 3. The fraction of sp³-hybridized carbons (Fsp3) is 0.769. The summed E-state index contributed by atoms with van der Waals surface area (Å²) >= 11 is 0. The molecule has 18 heavy (non-hydrogen) atoms. The number of hydrogen-bond donors (Lipinski definition) is 1. The van der Waals surface area contributed by atoms with Crippen LogP contribution in [0.15, 0.2) is 0 Å². The molecule has 1 aromatic heterocycles. The Kier molecular flexibility index (Phi) is 3.68. The van der Waals surface area contributed by atoms with E-state index in [1.807, 2.05) is 4.90 Å². The molecule has 0 aliphatic carbocycles. The summed E-state index contributed by atoms with van der Waals surface area (Å²) in [6, 6.07) is 0. The topological polar surface area (TPSA) is 61.9 Å². The molecular formula is C13H22N4O. The van der Waals surface area contributed by atoms with Crippen molar-refractivity contribution in [3.8, 4) is 0 Å². The number of hydrogen-bond acceptors (Lipinski definition) is 3. The molecule has 1 N–H and O–H groups in total. The molecule has 5 heteroatoms. The molecule has 2 rings (SSSR count). The zero-order valence-electron chi connectivity index (χ0n) is 11.5. The van der Waals surface area contributed by atoms with Gasteiger partial charge in [0, 0.05) is 13.1 Å². The Morgan fingerprint density at radius 2 is 1.94 bits per heavy atom. The number of H-pyrrole nitrogens is 1. The maximum Gasteiger partial charge on any atom is 0.293 e. The third-order valence-corrected chi connectivity index (χ3v) is 4.40. The van der Waals surface area contributed by atoms with Crippen molar-refractivity contribution >= 4 is 5.91 Å². The zero-order valence-corrected chi connectivity index (χ0v) is 11.5. The highest BCUT2D eigenvalue weighted by Crippen LogP contribution is 2.37. The predicted molar refractivity (Wildman–Crippen MR) is 69.3 cm³/mol. The fourth-order valence-electron chi connectivity index (χ4n) is 2.72. The molecule has 0 atom stereocenters. The minimum absolute atomic E-state index is 0.0415. The van der Waals surface area contributed by atoms with Crippen LogP contribution in [0.4, 0.5) is 0 Å². The summed E-state index contributed by atoms with van der Waals surface area (Å²) in [6.07, 6.45) is 4.58. The first-order valence-corrected chi connectivity index (χ1v) is 6.78. The van der Waals surface area contributed by atoms with Crippen LogP contribution < -0.4 is 0 Å². The molecule has 0 spiro atoms. The lowest BCUT2D eigenvalue weighted by atomic mass is 9.74. The molecule has 0 aromatic carbocycles. The SMILES string of the molecule is CCC1(CC)CCN(C(=O)c2n[nH]c(C)n2)CC1. The number of aromatic amines is 1. The van der Waals surface area contributed by atoms with E-state index >= 15 is 0 Å². The second kappa shape index (κ2) is 5.08. The Morgan fingerprint density at radius 1 is 1.33 bits per heavy atom. The van der Waals surface area contributed by atoms with Gasteiger partial charge >= 0.3 is 0 Å². The molecule has 1 saturated heterocycles. The zero-order chi connectivity index (χ0) is 13.2. The van der Waals surface area contributed by atoms with Gasteiger partial charge in [0.2, 0.25) is 5.82 Å². The molecule has 100 valence electrons. The van der Waals surface area contributed by atoms with E-state index in [1.165, 1.54) is 12.8 Å². The molecule has 1 aromatic rings. The Hall–Kier alpha value is -1.39. The molecule has 1 amide bonds. The highest BCUT2D eigenvalue weighted by atomic mass is 16.2. The summed E-state index contributed by atoms with van der Waals surface area (Å²) in [5.41, 5.74) is 0.436. The van der Waals surface area contributed by atoms with E-state index in [0.717, 1.165) is 25.9 Å². The van der Waals surface area contributed by atoms with Crippen molar-refractivity contribution in [3.05, 3.63) is 11.6 Å². The molecule has 1 aliphatic heterocycles. The van der Waals surface area contributed by atoms with Gasteiger partial charge in [-0.3, -0.25) is 9.89 Å². The van der Waals surface area contributed by atoms with E-state index in [-0.39, 0.29) is 5.91 Å². The van der Waals surface area contributed by atoms with Crippen LogP contribution >= 0.6 is 0 Å². The Labute approximate surface area is 108 Å². The lowest BCUT2D eigenvalue weighted by Crippen LogP contribution is -2.43. The molecule has 1 fully saturated rings. The first kappa shape index (κ1) is 13.1. The predicted octanol–water partition coefficient (Wildman–Crippen LogP) is 2.16. The Balaban J connectivity index is 1.99. The monoisotopic (exact) mass is 250 g/mol. The van der Waals surface area contributed by atoms with Crippen LogP contribution in [0, 0.1) is 12.3 Å². The Bertz CT molecular complexity index is 412. The van der Waals surface area contributed by atoms with Crippen LogP contribution in [0.2, 0.25) is 0 Å². The van der Waals surface area contributed by atoms with Gasteiger partial charge in [-0.05, 0) is 25.2 Å². The molecule has 0 saturated carbocycles. The molecule has 2 heterocycles. The van der Waals surface area contributed by atoms with E-state index in [2.05, 4.69) is 29.0 Å². The summed E-state index contributed by atoms with van der Waals surface area (Å²) in [6.45, 7) is 7.96. The lowest BCUT2D eigenvalue weighted by molar-refractivity contribution is 0.0547. The minimum Gasteiger partial charge on any atom is -0.336 e. The van der Waals surface area contributed by atoms with Gasteiger partial charge in [-0.15, -0.1) is 5.10 Å². The number of aryl methyl sites for hydroxylation is 1. The number of aromatic nitrogens is 3. The molecule has 5 nitrogen and oxygen atoms in total. The Morgan fingerprint density at radius 3 is 2.39 bits per heavy atom. The van der Waals surface area contributed by atoms with Crippen LogP contribution in [0.3, 0.4) is 0 Å². The van der Waals surface area contributed by atoms with E-state index in [0.29, 0.717) is 17.1 Å². The van der Waals surface area contributed by atoms with Gasteiger partial charge in [0.25, 0.3) is 5.91 Å². The van der Waals surface area contributed by atoms with Crippen molar-refractivity contribution in [2.75, 3.05) is 13.1 Å². The van der Waals surface area contributed by atoms with Crippen molar-refractivity contribution in [2.24, 2.45) is 5.41 Å². The van der Waals surface area contributed by atoms with E-state index in [1.54, 1.807) is 6.92 Å². The third kappa shape index (κ3) is 2.40. The van der Waals surface area contributed by atoms with Crippen LogP contribution in [-0.2, 0) is 0 Å². The van der Waals surface area contributed by atoms with Crippen molar-refractivity contribution in [1.82, 2.24) is 20.1 Å². The maximum atomic E-state index is 12.2. The highest BCUT2D eigenvalue weighted by molar-refractivity contribution is 5.90. The average Bonchev–Trinajstić information content (AvgIpc) is 2.85. The van der Waals surface area contributed by atoms with E-state index in [9.17, 15) is 4.79 Å². The molecular weight excluding hydrogens is 228 g/mol. The van der Waals surface area contributed by atoms with Gasteiger partial charge < -0.3 is 4.90 Å². The van der Waals surface area contributed by atoms with Crippen LogP contribution in [0.25, 0.3) is 0 Å². The van der Waals surface area contributed by atoms with Crippen LogP contribution in [-0.4, -0.2) is 39.1 Å². The third-order valence-electron chi connectivity index (χ3n) is 4.40. The summed E-state index contributed by atoms with van der Waals surface area (Å²) in [7, 11) is 0. The standard InChI is InChI=1S/C13H22N4O/c1-4-13(5-2)6-8-17(9-7-13)12(18)11-14-10(3)15-16-11/h4-9H2,1-3H3,(H,14,15,16). The van der Waals surface area contributed by atoms with Gasteiger partial charge in [-0.2, -0.15) is 0 Å². The van der Waals surface area contributed by atoms with E-state index < -0.39 is 0 Å². The molecule has 1 aliphatic rings. The van der Waals surface area contributed by atoms with Crippen molar-refractivity contribution in [3.63, 3.8) is 0 Å². The largest absolute Gasteiger partial charge is 0.336 e. The molecule has 0 radical (unpaired) electrons. The summed E-state index contributed by atoms with van der Waals surface area (Å²) in [4.78, 5) is 18.2. The van der Waals surface area contributed by atoms with E-state index in [4.69, 9.17) is 0 Å². The number of rotatable bonds is 3.